The number of hydrogen-bond donors (Lipinski definition) is 2. The molecule has 0 radical (unpaired) electrons. The first kappa shape index (κ1) is 21.4. The van der Waals surface area contributed by atoms with Crippen molar-refractivity contribution < 1.29 is 19.1 Å². The average Bonchev–Trinajstić information content (AvgIpc) is 2.71. The second kappa shape index (κ2) is 10.5. The van der Waals surface area contributed by atoms with E-state index in [1.807, 2.05) is 26.0 Å². The number of ether oxygens (including phenoxy) is 1. The van der Waals surface area contributed by atoms with Crippen molar-refractivity contribution >= 4 is 29.2 Å². The van der Waals surface area contributed by atoms with E-state index in [0.29, 0.717) is 16.3 Å². The molecule has 0 bridgehead atoms. The number of ketones is 1. The lowest BCUT2D eigenvalue weighted by Gasteiger charge is -2.09. The number of nitrogens with one attached hydrogen (secondary N) is 2. The second-order valence-electron chi connectivity index (χ2n) is 6.27. The standard InChI is InChI=1S/C21H23ClN2O4/c1-3-15-4-6-16(7-5-15)19(25)10-11-20(26)23-24-21(27)13-28-17-8-9-18(22)14(2)12-17/h4-9,12H,3,10-11,13H2,1-2H3,(H,23,26)(H,24,27). The number of aryl methyl sites for hydroxylation is 2. The fourth-order valence-electron chi connectivity index (χ4n) is 2.39. The van der Waals surface area contributed by atoms with Gasteiger partial charge in [-0.1, -0.05) is 42.8 Å². The SMILES string of the molecule is CCc1ccc(C(=O)CCC(=O)NNC(=O)COc2ccc(Cl)c(C)c2)cc1. The predicted octanol–water partition coefficient (Wildman–Crippen LogP) is 3.40. The normalized spacial score (nSPS) is 10.2. The Balaban J connectivity index is 1.68. The van der Waals surface area contributed by atoms with E-state index in [2.05, 4.69) is 10.9 Å². The van der Waals surface area contributed by atoms with Crippen molar-refractivity contribution in [2.75, 3.05) is 6.61 Å². The van der Waals surface area contributed by atoms with Crippen LogP contribution in [-0.2, 0) is 16.0 Å². The third-order valence-corrected chi connectivity index (χ3v) is 4.53. The topological polar surface area (TPSA) is 84.5 Å². The first-order valence-electron chi connectivity index (χ1n) is 8.97. The largest absolute Gasteiger partial charge is 0.484 e. The van der Waals surface area contributed by atoms with Crippen LogP contribution in [0.3, 0.4) is 0 Å². The van der Waals surface area contributed by atoms with Gasteiger partial charge >= 0.3 is 0 Å². The molecule has 7 heteroatoms. The molecule has 0 aromatic heterocycles. The highest BCUT2D eigenvalue weighted by Crippen LogP contribution is 2.20. The molecular weight excluding hydrogens is 380 g/mol. The first-order valence-corrected chi connectivity index (χ1v) is 9.35. The zero-order valence-corrected chi connectivity index (χ0v) is 16.6. The molecule has 0 heterocycles. The summed E-state index contributed by atoms with van der Waals surface area (Å²) >= 11 is 5.93. The third-order valence-electron chi connectivity index (χ3n) is 4.10. The number of benzene rings is 2. The van der Waals surface area contributed by atoms with Crippen LogP contribution in [0.2, 0.25) is 5.02 Å². The molecule has 0 aliphatic carbocycles. The summed E-state index contributed by atoms with van der Waals surface area (Å²) in [6.07, 6.45) is 0.942. The average molecular weight is 403 g/mol. The van der Waals surface area contributed by atoms with Gasteiger partial charge in [0.2, 0.25) is 5.91 Å². The lowest BCUT2D eigenvalue weighted by atomic mass is 10.0. The Hall–Kier alpha value is -2.86. The van der Waals surface area contributed by atoms with Crippen LogP contribution >= 0.6 is 11.6 Å². The molecule has 0 spiro atoms. The molecule has 0 aliphatic rings. The summed E-state index contributed by atoms with van der Waals surface area (Å²) in [7, 11) is 0. The molecule has 2 aromatic carbocycles. The summed E-state index contributed by atoms with van der Waals surface area (Å²) in [6, 6.07) is 12.4. The van der Waals surface area contributed by atoms with Gasteiger partial charge in [-0.25, -0.2) is 0 Å². The molecule has 28 heavy (non-hydrogen) atoms. The van der Waals surface area contributed by atoms with E-state index in [9.17, 15) is 14.4 Å². The molecule has 0 fully saturated rings. The molecule has 0 atom stereocenters. The van der Waals surface area contributed by atoms with Gasteiger partial charge < -0.3 is 4.74 Å². The van der Waals surface area contributed by atoms with Gasteiger partial charge in [0.15, 0.2) is 12.4 Å². The molecule has 2 N–H and O–H groups in total. The van der Waals surface area contributed by atoms with Crippen LogP contribution in [0.1, 0.15) is 41.3 Å². The zero-order chi connectivity index (χ0) is 20.5. The highest BCUT2D eigenvalue weighted by Gasteiger charge is 2.11. The van der Waals surface area contributed by atoms with Gasteiger partial charge in [-0.15, -0.1) is 0 Å². The Kier molecular flexibility index (Phi) is 8.02. The van der Waals surface area contributed by atoms with Crippen LogP contribution in [0.25, 0.3) is 0 Å². The Morgan fingerprint density at radius 2 is 1.64 bits per heavy atom. The van der Waals surface area contributed by atoms with Gasteiger partial charge in [0, 0.05) is 23.4 Å². The van der Waals surface area contributed by atoms with Crippen molar-refractivity contribution in [3.05, 3.63) is 64.2 Å². The maximum Gasteiger partial charge on any atom is 0.276 e. The fourth-order valence-corrected chi connectivity index (χ4v) is 2.51. The smallest absolute Gasteiger partial charge is 0.276 e. The lowest BCUT2D eigenvalue weighted by molar-refractivity contribution is -0.130. The summed E-state index contributed by atoms with van der Waals surface area (Å²) in [4.78, 5) is 35.7. The van der Waals surface area contributed by atoms with Crippen LogP contribution in [0.15, 0.2) is 42.5 Å². The van der Waals surface area contributed by atoms with E-state index in [1.165, 1.54) is 0 Å². The van der Waals surface area contributed by atoms with Crippen molar-refractivity contribution in [1.29, 1.82) is 0 Å². The van der Waals surface area contributed by atoms with Crippen LogP contribution in [0.4, 0.5) is 0 Å². The van der Waals surface area contributed by atoms with Gasteiger partial charge in [-0.3, -0.25) is 25.2 Å². The number of rotatable bonds is 8. The minimum atomic E-state index is -0.512. The van der Waals surface area contributed by atoms with Crippen molar-refractivity contribution in [1.82, 2.24) is 10.9 Å². The number of carbonyl (C=O) groups excluding carboxylic acids is 3. The predicted molar refractivity (Wildman–Crippen MR) is 107 cm³/mol. The van der Waals surface area contributed by atoms with Crippen LogP contribution < -0.4 is 15.6 Å². The fraction of sp³-hybridized carbons (Fsp3) is 0.286. The van der Waals surface area contributed by atoms with Crippen molar-refractivity contribution in [3.63, 3.8) is 0 Å². The molecule has 0 aliphatic heterocycles. The Morgan fingerprint density at radius 1 is 0.964 bits per heavy atom. The molecule has 0 saturated carbocycles. The van der Waals surface area contributed by atoms with Crippen LogP contribution in [0.5, 0.6) is 5.75 Å². The molecule has 2 amide bonds. The van der Waals surface area contributed by atoms with E-state index >= 15 is 0 Å². The molecule has 0 unspecified atom stereocenters. The monoisotopic (exact) mass is 402 g/mol. The number of amides is 2. The number of Topliss-reactive ketones (excluding diaryl/α,β-unsaturated/α-hetero) is 1. The van der Waals surface area contributed by atoms with Gasteiger partial charge in [0.05, 0.1) is 0 Å². The Morgan fingerprint density at radius 3 is 2.29 bits per heavy atom. The summed E-state index contributed by atoms with van der Waals surface area (Å²) in [5.41, 5.74) is 7.08. The Labute approximate surface area is 169 Å². The van der Waals surface area contributed by atoms with E-state index in [0.717, 1.165) is 17.5 Å². The third kappa shape index (κ3) is 6.70. The van der Waals surface area contributed by atoms with Crippen molar-refractivity contribution in [3.8, 4) is 5.75 Å². The quantitative estimate of drug-likeness (QED) is 0.523. The van der Waals surface area contributed by atoms with Crippen LogP contribution in [0, 0.1) is 6.92 Å². The van der Waals surface area contributed by atoms with E-state index in [4.69, 9.17) is 16.3 Å². The van der Waals surface area contributed by atoms with E-state index in [1.54, 1.807) is 30.3 Å². The van der Waals surface area contributed by atoms with Gasteiger partial charge in [0.25, 0.3) is 5.91 Å². The summed E-state index contributed by atoms with van der Waals surface area (Å²) in [5.74, 6) is -0.578. The molecular formula is C21H23ClN2O4. The molecule has 0 saturated heterocycles. The summed E-state index contributed by atoms with van der Waals surface area (Å²) in [5, 5.41) is 0.611. The van der Waals surface area contributed by atoms with Crippen LogP contribution in [-0.4, -0.2) is 24.2 Å². The van der Waals surface area contributed by atoms with Gasteiger partial charge in [-0.05, 0) is 42.7 Å². The van der Waals surface area contributed by atoms with Gasteiger partial charge in [-0.2, -0.15) is 0 Å². The molecule has 2 aromatic rings. The molecule has 6 nitrogen and oxygen atoms in total. The number of carbonyl (C=O) groups is 3. The Bertz CT molecular complexity index is 850. The van der Waals surface area contributed by atoms with E-state index < -0.39 is 11.8 Å². The number of hydrazine groups is 1. The maximum atomic E-state index is 12.1. The summed E-state index contributed by atoms with van der Waals surface area (Å²) < 4.78 is 5.33. The van der Waals surface area contributed by atoms with Gasteiger partial charge in [0.1, 0.15) is 5.75 Å². The van der Waals surface area contributed by atoms with Crippen molar-refractivity contribution in [2.45, 2.75) is 33.1 Å². The minimum absolute atomic E-state index is 0.0219. The highest BCUT2D eigenvalue weighted by molar-refractivity contribution is 6.31. The first-order chi connectivity index (χ1) is 13.4. The number of hydrogen-bond acceptors (Lipinski definition) is 4. The summed E-state index contributed by atoms with van der Waals surface area (Å²) in [6.45, 7) is 3.61. The molecule has 148 valence electrons. The highest BCUT2D eigenvalue weighted by atomic mass is 35.5. The molecule has 2 rings (SSSR count). The minimum Gasteiger partial charge on any atom is -0.484 e. The maximum absolute atomic E-state index is 12.1. The van der Waals surface area contributed by atoms with E-state index in [-0.39, 0.29) is 25.2 Å². The second-order valence-corrected chi connectivity index (χ2v) is 6.68. The lowest BCUT2D eigenvalue weighted by Crippen LogP contribution is -2.43. The number of halogens is 1. The zero-order valence-electron chi connectivity index (χ0n) is 15.9. The van der Waals surface area contributed by atoms with Crippen molar-refractivity contribution in [2.24, 2.45) is 0 Å².